The predicted octanol–water partition coefficient (Wildman–Crippen LogP) is 3.61. The van der Waals surface area contributed by atoms with Crippen molar-refractivity contribution in [1.29, 1.82) is 0 Å². The standard InChI is InChI=1S/C44H50N2O18/c1-21(47)55-19-35(57-23(3)49)39(64-44-43(62-28(8)54)42(61-27(7)53)38(58-24(4)50)36(63-44)20-56-22(2)48)41(60-26(6)52)40(59-25(5)51)37(31-17-45-33-15-11-9-13-29(31)33)32-18-46-34-16-12-10-14-30(32)34/h9-18,35-46H,19-20H2,1-8H3/t35-,36-,38+,39-,40+,41+,42+,43-,44+/m1/s1. The first-order valence-corrected chi connectivity index (χ1v) is 20.1. The van der Waals surface area contributed by atoms with Crippen LogP contribution >= 0.6 is 0 Å². The molecule has 2 aromatic heterocycles. The maximum Gasteiger partial charge on any atom is 0.303 e. The van der Waals surface area contributed by atoms with Crippen LogP contribution in [-0.2, 0) is 85.7 Å². The Labute approximate surface area is 366 Å². The Kier molecular flexibility index (Phi) is 16.2. The van der Waals surface area contributed by atoms with Gasteiger partial charge in [0.05, 0.1) is 5.92 Å². The van der Waals surface area contributed by atoms with Crippen molar-refractivity contribution in [2.24, 2.45) is 0 Å². The second kappa shape index (κ2) is 21.5. The number of aromatic nitrogens is 2. The largest absolute Gasteiger partial charge is 0.463 e. The zero-order valence-corrected chi connectivity index (χ0v) is 36.3. The lowest BCUT2D eigenvalue weighted by Crippen LogP contribution is -2.65. The van der Waals surface area contributed by atoms with Gasteiger partial charge in [-0.15, -0.1) is 0 Å². The molecule has 3 heterocycles. The van der Waals surface area contributed by atoms with E-state index in [-0.39, 0.29) is 0 Å². The van der Waals surface area contributed by atoms with Gasteiger partial charge in [0.15, 0.2) is 42.9 Å². The summed E-state index contributed by atoms with van der Waals surface area (Å²) < 4.78 is 58.3. The molecule has 1 aliphatic heterocycles. The SMILES string of the molecule is CC(=O)OC[C@H]1O[C@@H](O[C@@H]([C@H](OC(C)=O)[C@@H](OC(C)=O)C(c2c[nH]c3ccccc23)c2c[nH]c3ccccc23)[C@@H](COC(C)=O)OC(C)=O)[C@H](OC(C)=O)[C@@H](OC(C)=O)[C@H]1OC(C)=O. The topological polar surface area (TPSA) is 260 Å². The molecule has 1 saturated heterocycles. The van der Waals surface area contributed by atoms with Gasteiger partial charge in [-0.1, -0.05) is 36.4 Å². The number of esters is 8. The van der Waals surface area contributed by atoms with Gasteiger partial charge in [-0.2, -0.15) is 0 Å². The Morgan fingerprint density at radius 2 is 1.00 bits per heavy atom. The molecule has 2 N–H and O–H groups in total. The highest BCUT2D eigenvalue weighted by atomic mass is 16.8. The summed E-state index contributed by atoms with van der Waals surface area (Å²) in [5.74, 6) is -8.25. The molecule has 0 spiro atoms. The highest BCUT2D eigenvalue weighted by molar-refractivity contribution is 5.88. The van der Waals surface area contributed by atoms with E-state index in [0.29, 0.717) is 32.9 Å². The van der Waals surface area contributed by atoms with E-state index < -0.39 is 122 Å². The number of rotatable bonds is 18. The Bertz CT molecular complexity index is 2280. The van der Waals surface area contributed by atoms with Crippen LogP contribution in [0.1, 0.15) is 72.4 Å². The number of aromatic amines is 2. The second-order valence-electron chi connectivity index (χ2n) is 14.8. The van der Waals surface area contributed by atoms with E-state index >= 15 is 0 Å². The third-order valence-electron chi connectivity index (χ3n) is 9.87. The van der Waals surface area contributed by atoms with Crippen LogP contribution in [0.4, 0.5) is 0 Å². The Balaban J connectivity index is 1.81. The van der Waals surface area contributed by atoms with Crippen molar-refractivity contribution in [2.45, 2.75) is 116 Å². The molecule has 0 unspecified atom stereocenters. The van der Waals surface area contributed by atoms with Crippen LogP contribution < -0.4 is 0 Å². The molecule has 344 valence electrons. The minimum absolute atomic E-state index is 0.541. The van der Waals surface area contributed by atoms with Crippen LogP contribution in [0.15, 0.2) is 60.9 Å². The number of carbonyl (C=O) groups excluding carboxylic acids is 8. The molecular formula is C44H50N2O18. The van der Waals surface area contributed by atoms with E-state index in [2.05, 4.69) is 9.97 Å². The summed E-state index contributed by atoms with van der Waals surface area (Å²) in [7, 11) is 0. The lowest BCUT2D eigenvalue weighted by molar-refractivity contribution is -0.331. The van der Waals surface area contributed by atoms with Gasteiger partial charge < -0.3 is 57.3 Å². The van der Waals surface area contributed by atoms with Crippen molar-refractivity contribution in [3.8, 4) is 0 Å². The number of fused-ring (bicyclic) bond motifs is 2. The van der Waals surface area contributed by atoms with E-state index in [4.69, 9.17) is 47.4 Å². The first-order chi connectivity index (χ1) is 30.3. The molecule has 64 heavy (non-hydrogen) atoms. The third kappa shape index (κ3) is 12.2. The van der Waals surface area contributed by atoms with Crippen molar-refractivity contribution in [3.05, 3.63) is 72.1 Å². The number of hydrogen-bond acceptors (Lipinski definition) is 18. The smallest absolute Gasteiger partial charge is 0.303 e. The lowest BCUT2D eigenvalue weighted by Gasteiger charge is -2.46. The number of para-hydroxylation sites is 2. The van der Waals surface area contributed by atoms with Crippen LogP contribution in [0.2, 0.25) is 0 Å². The summed E-state index contributed by atoms with van der Waals surface area (Å²) in [4.78, 5) is 109. The zero-order chi connectivity index (χ0) is 46.8. The van der Waals surface area contributed by atoms with Gasteiger partial charge in [-0.25, -0.2) is 0 Å². The van der Waals surface area contributed by atoms with Crippen molar-refractivity contribution in [1.82, 2.24) is 9.97 Å². The summed E-state index contributed by atoms with van der Waals surface area (Å²) in [5, 5.41) is 1.34. The third-order valence-corrected chi connectivity index (χ3v) is 9.87. The fourth-order valence-electron chi connectivity index (χ4n) is 7.69. The highest BCUT2D eigenvalue weighted by Gasteiger charge is 2.56. The van der Waals surface area contributed by atoms with Crippen LogP contribution in [0.3, 0.4) is 0 Å². The molecule has 9 atom stereocenters. The molecule has 2 aromatic carbocycles. The van der Waals surface area contributed by atoms with E-state index in [9.17, 15) is 38.4 Å². The first-order valence-electron chi connectivity index (χ1n) is 20.1. The Morgan fingerprint density at radius 1 is 0.531 bits per heavy atom. The molecule has 0 saturated carbocycles. The fraction of sp³-hybridized carbons (Fsp3) is 0.455. The Morgan fingerprint density at radius 3 is 1.48 bits per heavy atom. The number of nitrogens with one attached hydrogen (secondary N) is 2. The summed E-state index contributed by atoms with van der Waals surface area (Å²) in [6.45, 7) is 7.06. The normalized spacial score (nSPS) is 20.2. The van der Waals surface area contributed by atoms with Gasteiger partial charge >= 0.3 is 47.8 Å². The van der Waals surface area contributed by atoms with Gasteiger partial charge in [0, 0.05) is 89.6 Å². The van der Waals surface area contributed by atoms with E-state index in [1.165, 1.54) is 0 Å². The maximum atomic E-state index is 13.4. The fourth-order valence-corrected chi connectivity index (χ4v) is 7.69. The molecule has 0 amide bonds. The van der Waals surface area contributed by atoms with Gasteiger partial charge in [-0.3, -0.25) is 38.4 Å². The van der Waals surface area contributed by atoms with Crippen molar-refractivity contribution in [2.75, 3.05) is 13.2 Å². The Hall–Kier alpha value is -6.80. The molecule has 0 bridgehead atoms. The van der Waals surface area contributed by atoms with Gasteiger partial charge in [0.25, 0.3) is 0 Å². The van der Waals surface area contributed by atoms with Crippen molar-refractivity contribution < 1.29 is 85.7 Å². The highest BCUT2D eigenvalue weighted by Crippen LogP contribution is 2.42. The molecule has 1 aliphatic rings. The summed E-state index contributed by atoms with van der Waals surface area (Å²) in [6, 6.07) is 14.5. The number of benzene rings is 2. The van der Waals surface area contributed by atoms with Crippen LogP contribution in [0.25, 0.3) is 21.8 Å². The van der Waals surface area contributed by atoms with E-state index in [1.807, 2.05) is 36.4 Å². The van der Waals surface area contributed by atoms with Gasteiger partial charge in [0.2, 0.25) is 0 Å². The second-order valence-corrected chi connectivity index (χ2v) is 14.8. The quantitative estimate of drug-likeness (QED) is 0.107. The molecule has 20 nitrogen and oxygen atoms in total. The van der Waals surface area contributed by atoms with Gasteiger partial charge in [-0.05, 0) is 23.3 Å². The van der Waals surface area contributed by atoms with Crippen molar-refractivity contribution >= 4 is 69.6 Å². The van der Waals surface area contributed by atoms with Crippen LogP contribution in [0.5, 0.6) is 0 Å². The van der Waals surface area contributed by atoms with Crippen LogP contribution in [0, 0.1) is 0 Å². The molecule has 0 aliphatic carbocycles. The maximum absolute atomic E-state index is 13.4. The number of carbonyl (C=O) groups is 8. The van der Waals surface area contributed by atoms with Gasteiger partial charge in [0.1, 0.15) is 25.4 Å². The summed E-state index contributed by atoms with van der Waals surface area (Å²) >= 11 is 0. The monoisotopic (exact) mass is 894 g/mol. The number of H-pyrrole nitrogens is 2. The van der Waals surface area contributed by atoms with Crippen molar-refractivity contribution in [3.63, 3.8) is 0 Å². The van der Waals surface area contributed by atoms with Crippen LogP contribution in [-0.4, -0.2) is 126 Å². The molecule has 5 rings (SSSR count). The number of hydrogen-bond donors (Lipinski definition) is 2. The molecule has 0 radical (unpaired) electrons. The average molecular weight is 895 g/mol. The number of ether oxygens (including phenoxy) is 10. The molecule has 1 fully saturated rings. The molecular weight excluding hydrogens is 844 g/mol. The summed E-state index contributed by atoms with van der Waals surface area (Å²) in [5.41, 5.74) is 2.45. The summed E-state index contributed by atoms with van der Waals surface area (Å²) in [6.07, 6.45) is -12.4. The predicted molar refractivity (Wildman–Crippen MR) is 219 cm³/mol. The minimum atomic E-state index is -1.98. The lowest BCUT2D eigenvalue weighted by atomic mass is 9.81. The molecule has 4 aromatic rings. The molecule has 20 heteroatoms. The minimum Gasteiger partial charge on any atom is -0.463 e. The zero-order valence-electron chi connectivity index (χ0n) is 36.3. The van der Waals surface area contributed by atoms with E-state index in [1.54, 1.807) is 24.5 Å². The first kappa shape index (κ1) is 48.2. The average Bonchev–Trinajstić information content (AvgIpc) is 3.83. The van der Waals surface area contributed by atoms with E-state index in [0.717, 1.165) is 55.4 Å².